The molecule has 0 aromatic heterocycles. The lowest BCUT2D eigenvalue weighted by molar-refractivity contribution is -0.118. The third-order valence-electron chi connectivity index (χ3n) is 3.27. The molecule has 8 heteroatoms. The lowest BCUT2D eigenvalue weighted by Crippen LogP contribution is -2.29. The van der Waals surface area contributed by atoms with Gasteiger partial charge < -0.3 is 0 Å². The number of sulfone groups is 1. The number of hydrogen-bond donors (Lipinski definition) is 0. The number of alkyl halides is 1. The second kappa shape index (κ2) is 4.43. The molecule has 102 valence electrons. The zero-order chi connectivity index (χ0) is 13.8. The smallest absolute Gasteiger partial charge is 0.261 e. The van der Waals surface area contributed by atoms with Gasteiger partial charge in [-0.05, 0) is 18.9 Å². The van der Waals surface area contributed by atoms with Gasteiger partial charge in [-0.2, -0.15) is 4.99 Å². The van der Waals surface area contributed by atoms with Gasteiger partial charge in [0, 0.05) is 4.91 Å². The normalized spacial score (nSPS) is 30.4. The van der Waals surface area contributed by atoms with Crippen molar-refractivity contribution in [2.24, 2.45) is 15.9 Å². The molecule has 0 fully saturated rings. The number of hydrogen-bond acceptors (Lipinski definition) is 5. The van der Waals surface area contributed by atoms with E-state index >= 15 is 0 Å². The predicted octanol–water partition coefficient (Wildman–Crippen LogP) is 1.39. The van der Waals surface area contributed by atoms with Gasteiger partial charge in [-0.3, -0.25) is 4.79 Å². The third-order valence-corrected chi connectivity index (χ3v) is 6.39. The molecule has 3 rings (SSSR count). The fraction of sp³-hybridized carbons (Fsp3) is 0.545. The highest BCUT2D eigenvalue weighted by Crippen LogP contribution is 2.45. The van der Waals surface area contributed by atoms with Crippen LogP contribution >= 0.6 is 23.4 Å². The fourth-order valence-electron chi connectivity index (χ4n) is 2.34. The summed E-state index contributed by atoms with van der Waals surface area (Å²) in [5, 5.41) is 0.198. The van der Waals surface area contributed by atoms with Crippen molar-refractivity contribution < 1.29 is 13.2 Å². The van der Waals surface area contributed by atoms with Crippen LogP contribution in [0.2, 0.25) is 0 Å². The van der Waals surface area contributed by atoms with E-state index in [4.69, 9.17) is 11.6 Å². The van der Waals surface area contributed by atoms with E-state index in [0.717, 1.165) is 10.5 Å². The van der Waals surface area contributed by atoms with Crippen LogP contribution in [0, 0.1) is 5.92 Å². The fourth-order valence-corrected chi connectivity index (χ4v) is 5.57. The number of rotatable bonds is 1. The van der Waals surface area contributed by atoms with E-state index < -0.39 is 21.1 Å². The van der Waals surface area contributed by atoms with Gasteiger partial charge >= 0.3 is 0 Å². The van der Waals surface area contributed by atoms with Crippen LogP contribution in [0.15, 0.2) is 20.5 Å². The number of halogens is 1. The second-order valence-electron chi connectivity index (χ2n) is 4.70. The predicted molar refractivity (Wildman–Crippen MR) is 76.6 cm³/mol. The number of amides is 1. The average molecular weight is 319 g/mol. The van der Waals surface area contributed by atoms with Crippen LogP contribution in [0.3, 0.4) is 0 Å². The molecule has 2 atom stereocenters. The van der Waals surface area contributed by atoms with Crippen molar-refractivity contribution in [3.05, 3.63) is 10.5 Å². The van der Waals surface area contributed by atoms with Crippen molar-refractivity contribution >= 4 is 50.0 Å². The molecule has 0 spiro atoms. The number of thioether (sulfide) groups is 1. The number of aliphatic imine (C=N–C) groups is 2. The minimum atomic E-state index is -3.04. The molecule has 0 radical (unpaired) electrons. The summed E-state index contributed by atoms with van der Waals surface area (Å²) in [6, 6.07) is 0. The minimum absolute atomic E-state index is 0.0154. The first-order valence-corrected chi connectivity index (χ1v) is 8.90. The van der Waals surface area contributed by atoms with Gasteiger partial charge in [-0.25, -0.2) is 13.4 Å². The van der Waals surface area contributed by atoms with Crippen LogP contribution in [0.1, 0.15) is 13.3 Å². The van der Waals surface area contributed by atoms with E-state index in [0.29, 0.717) is 17.3 Å². The SMILES string of the molecule is CC(Cl)C1=NC(=O)C2C(=N1)SC1=C2CCS(=O)(=O)C1. The Labute approximate surface area is 120 Å². The molecular formula is C11H11ClN2O3S2. The van der Waals surface area contributed by atoms with Crippen molar-refractivity contribution in [2.75, 3.05) is 11.5 Å². The summed E-state index contributed by atoms with van der Waals surface area (Å²) in [5.74, 6) is -0.305. The maximum Gasteiger partial charge on any atom is 0.261 e. The van der Waals surface area contributed by atoms with E-state index in [1.165, 1.54) is 11.8 Å². The molecule has 0 aromatic rings. The molecule has 5 nitrogen and oxygen atoms in total. The lowest BCUT2D eigenvalue weighted by Gasteiger charge is -2.18. The zero-order valence-electron chi connectivity index (χ0n) is 10.1. The first-order valence-electron chi connectivity index (χ1n) is 5.82. The van der Waals surface area contributed by atoms with Crippen molar-refractivity contribution in [3.63, 3.8) is 0 Å². The number of carbonyl (C=O) groups is 1. The molecule has 2 unspecified atom stereocenters. The Morgan fingerprint density at radius 3 is 2.84 bits per heavy atom. The molecule has 3 aliphatic rings. The van der Waals surface area contributed by atoms with Crippen LogP contribution < -0.4 is 0 Å². The molecular weight excluding hydrogens is 308 g/mol. The molecule has 0 aliphatic carbocycles. The second-order valence-corrected chi connectivity index (χ2v) is 8.65. The van der Waals surface area contributed by atoms with Gasteiger partial charge in [0.2, 0.25) is 0 Å². The quantitative estimate of drug-likeness (QED) is 0.685. The maximum atomic E-state index is 12.1. The highest BCUT2D eigenvalue weighted by Gasteiger charge is 2.43. The molecule has 0 bridgehead atoms. The molecule has 3 aliphatic heterocycles. The Morgan fingerprint density at radius 2 is 2.16 bits per heavy atom. The monoisotopic (exact) mass is 318 g/mol. The average Bonchev–Trinajstić information content (AvgIpc) is 2.64. The molecule has 0 saturated heterocycles. The molecule has 1 amide bonds. The van der Waals surface area contributed by atoms with Crippen molar-refractivity contribution in [1.29, 1.82) is 0 Å². The summed E-state index contributed by atoms with van der Waals surface area (Å²) >= 11 is 7.20. The van der Waals surface area contributed by atoms with Gasteiger partial charge in [-0.1, -0.05) is 11.8 Å². The van der Waals surface area contributed by atoms with Crippen molar-refractivity contribution in [3.8, 4) is 0 Å². The largest absolute Gasteiger partial charge is 0.271 e. The Kier molecular flexibility index (Phi) is 3.11. The number of amidine groups is 1. The Hall–Kier alpha value is -0.660. The number of carbonyl (C=O) groups excluding carboxylic acids is 1. The van der Waals surface area contributed by atoms with Crippen molar-refractivity contribution in [1.82, 2.24) is 0 Å². The summed E-state index contributed by atoms with van der Waals surface area (Å²) in [6.07, 6.45) is 0.404. The first-order chi connectivity index (χ1) is 8.87. The Morgan fingerprint density at radius 1 is 1.42 bits per heavy atom. The highest BCUT2D eigenvalue weighted by molar-refractivity contribution is 8.18. The van der Waals surface area contributed by atoms with Crippen LogP contribution in [0.4, 0.5) is 0 Å². The van der Waals surface area contributed by atoms with Crippen molar-refractivity contribution in [2.45, 2.75) is 18.7 Å². The summed E-state index contributed by atoms with van der Waals surface area (Å²) in [4.78, 5) is 21.1. The number of fused-ring (bicyclic) bond motifs is 2. The van der Waals surface area contributed by atoms with Gasteiger partial charge in [0.05, 0.1) is 21.9 Å². The van der Waals surface area contributed by atoms with Crippen LogP contribution in [-0.4, -0.2) is 42.1 Å². The summed E-state index contributed by atoms with van der Waals surface area (Å²) in [7, 11) is -3.04. The standard InChI is InChI=1S/C11H11ClN2O3S2/c1-5(12)9-13-10(15)8-6-2-3-19(16,17)4-7(6)18-11(8)14-9/h5,8H,2-4H2,1H3. The van der Waals surface area contributed by atoms with Crippen LogP contribution in [-0.2, 0) is 14.6 Å². The van der Waals surface area contributed by atoms with Gasteiger partial charge in [0.15, 0.2) is 15.7 Å². The van der Waals surface area contributed by atoms with E-state index in [1.54, 1.807) is 6.92 Å². The minimum Gasteiger partial charge on any atom is -0.271 e. The summed E-state index contributed by atoms with van der Waals surface area (Å²) in [6.45, 7) is 1.70. The summed E-state index contributed by atoms with van der Waals surface area (Å²) < 4.78 is 23.3. The lowest BCUT2D eigenvalue weighted by atomic mass is 9.96. The first kappa shape index (κ1) is 13.3. The van der Waals surface area contributed by atoms with Crippen LogP contribution in [0.5, 0.6) is 0 Å². The van der Waals surface area contributed by atoms with E-state index in [-0.39, 0.29) is 17.4 Å². The molecule has 0 saturated carbocycles. The van der Waals surface area contributed by atoms with Crippen LogP contribution in [0.25, 0.3) is 0 Å². The Balaban J connectivity index is 1.98. The molecule has 3 heterocycles. The maximum absolute atomic E-state index is 12.1. The van der Waals surface area contributed by atoms with E-state index in [2.05, 4.69) is 9.98 Å². The molecule has 0 N–H and O–H groups in total. The van der Waals surface area contributed by atoms with Gasteiger partial charge in [-0.15, -0.1) is 11.6 Å². The number of nitrogens with zero attached hydrogens (tertiary/aromatic N) is 2. The molecule has 19 heavy (non-hydrogen) atoms. The highest BCUT2D eigenvalue weighted by atomic mass is 35.5. The summed E-state index contributed by atoms with van der Waals surface area (Å²) in [5.41, 5.74) is 0.883. The Bertz CT molecular complexity index is 661. The molecule has 0 aromatic carbocycles. The van der Waals surface area contributed by atoms with Gasteiger partial charge in [0.1, 0.15) is 5.92 Å². The van der Waals surface area contributed by atoms with E-state index in [9.17, 15) is 13.2 Å². The van der Waals surface area contributed by atoms with E-state index in [1.807, 2.05) is 0 Å². The topological polar surface area (TPSA) is 75.9 Å². The zero-order valence-corrected chi connectivity index (χ0v) is 12.5. The van der Waals surface area contributed by atoms with Gasteiger partial charge in [0.25, 0.3) is 5.91 Å². The third kappa shape index (κ3) is 2.28.